The molecule has 1 heterocycles. The number of nitrogens with one attached hydrogen (secondary N) is 1. The van der Waals surface area contributed by atoms with Crippen LogP contribution in [0.2, 0.25) is 5.02 Å². The maximum absolute atomic E-state index is 12.5. The second-order valence-corrected chi connectivity index (χ2v) is 8.15. The average molecular weight is 367 g/mol. The Hall–Kier alpha value is -2.09. The van der Waals surface area contributed by atoms with Crippen LogP contribution in [0.1, 0.15) is 15.9 Å². The third kappa shape index (κ3) is 2.75. The Labute approximate surface area is 145 Å². The number of nitrogens with zero attached hydrogens (tertiary/aromatic N) is 1. The Bertz CT molecular complexity index is 955. The molecular formula is C16H15ClN2O4S. The first-order valence-corrected chi connectivity index (χ1v) is 8.88. The first-order chi connectivity index (χ1) is 11.2. The van der Waals surface area contributed by atoms with Crippen LogP contribution in [-0.4, -0.2) is 32.7 Å². The summed E-state index contributed by atoms with van der Waals surface area (Å²) < 4.78 is 31.5. The molecule has 2 aromatic rings. The molecule has 0 unspecified atom stereocenters. The predicted molar refractivity (Wildman–Crippen MR) is 91.5 cm³/mol. The number of carbonyl (C=O) groups is 1. The SMILES string of the molecule is Cc1ccc2c(c1)Oc1cc(Cl)c(S(=O)(=O)N(C)C)cc1C(=O)N2. The number of ether oxygens (including phenoxy) is 1. The topological polar surface area (TPSA) is 75.7 Å². The number of hydrogen-bond acceptors (Lipinski definition) is 4. The molecule has 1 aliphatic rings. The lowest BCUT2D eigenvalue weighted by Crippen LogP contribution is -2.23. The van der Waals surface area contributed by atoms with E-state index in [1.807, 2.05) is 13.0 Å². The Morgan fingerprint density at radius 2 is 1.83 bits per heavy atom. The molecule has 0 bridgehead atoms. The van der Waals surface area contributed by atoms with Crippen LogP contribution in [0.15, 0.2) is 35.2 Å². The minimum Gasteiger partial charge on any atom is -0.454 e. The molecule has 126 valence electrons. The quantitative estimate of drug-likeness (QED) is 0.885. The summed E-state index contributed by atoms with van der Waals surface area (Å²) in [5.74, 6) is 0.223. The van der Waals surface area contributed by atoms with Crippen molar-refractivity contribution < 1.29 is 17.9 Å². The molecule has 0 saturated carbocycles. The molecule has 0 aliphatic carbocycles. The summed E-state index contributed by atoms with van der Waals surface area (Å²) in [5, 5.41) is 2.71. The van der Waals surface area contributed by atoms with E-state index in [0.29, 0.717) is 11.4 Å². The number of hydrogen-bond donors (Lipinski definition) is 1. The Kier molecular flexibility index (Phi) is 4.03. The fourth-order valence-electron chi connectivity index (χ4n) is 2.32. The lowest BCUT2D eigenvalue weighted by atomic mass is 10.2. The van der Waals surface area contributed by atoms with Crippen LogP contribution >= 0.6 is 11.6 Å². The average Bonchev–Trinajstić information content (AvgIpc) is 2.61. The van der Waals surface area contributed by atoms with Crippen LogP contribution in [0.25, 0.3) is 0 Å². The maximum atomic E-state index is 12.5. The lowest BCUT2D eigenvalue weighted by Gasteiger charge is -2.15. The number of fused-ring (bicyclic) bond motifs is 2. The number of anilines is 1. The van der Waals surface area contributed by atoms with E-state index in [9.17, 15) is 13.2 Å². The van der Waals surface area contributed by atoms with Gasteiger partial charge >= 0.3 is 0 Å². The van der Waals surface area contributed by atoms with Crippen molar-refractivity contribution in [2.24, 2.45) is 0 Å². The highest BCUT2D eigenvalue weighted by Gasteiger charge is 2.28. The number of benzene rings is 2. The maximum Gasteiger partial charge on any atom is 0.259 e. The molecule has 0 saturated heterocycles. The molecule has 1 aliphatic heterocycles. The van der Waals surface area contributed by atoms with Crippen LogP contribution in [0, 0.1) is 6.92 Å². The van der Waals surface area contributed by atoms with Gasteiger partial charge in [-0.15, -0.1) is 0 Å². The van der Waals surface area contributed by atoms with E-state index in [0.717, 1.165) is 9.87 Å². The van der Waals surface area contributed by atoms with Gasteiger partial charge in [-0.25, -0.2) is 12.7 Å². The Morgan fingerprint density at radius 3 is 2.50 bits per heavy atom. The van der Waals surface area contributed by atoms with Crippen molar-refractivity contribution in [3.8, 4) is 11.5 Å². The van der Waals surface area contributed by atoms with Gasteiger partial charge in [0.05, 0.1) is 16.3 Å². The van der Waals surface area contributed by atoms with Gasteiger partial charge in [0.15, 0.2) is 5.75 Å². The van der Waals surface area contributed by atoms with Crippen LogP contribution in [0.5, 0.6) is 11.5 Å². The molecule has 0 fully saturated rings. The zero-order chi connectivity index (χ0) is 17.6. The summed E-state index contributed by atoms with van der Waals surface area (Å²) in [4.78, 5) is 12.3. The molecule has 8 heteroatoms. The zero-order valence-electron chi connectivity index (χ0n) is 13.3. The molecular weight excluding hydrogens is 352 g/mol. The second-order valence-electron chi connectivity index (χ2n) is 5.62. The van der Waals surface area contributed by atoms with Crippen LogP contribution in [-0.2, 0) is 10.0 Å². The van der Waals surface area contributed by atoms with Crippen molar-refractivity contribution in [3.63, 3.8) is 0 Å². The zero-order valence-corrected chi connectivity index (χ0v) is 14.8. The third-order valence-electron chi connectivity index (χ3n) is 3.64. The minimum atomic E-state index is -3.78. The largest absolute Gasteiger partial charge is 0.454 e. The third-order valence-corrected chi connectivity index (χ3v) is 5.92. The number of aryl methyl sites for hydroxylation is 1. The summed E-state index contributed by atoms with van der Waals surface area (Å²) >= 11 is 6.13. The molecule has 0 atom stereocenters. The van der Waals surface area contributed by atoms with E-state index in [2.05, 4.69) is 5.32 Å². The number of carbonyl (C=O) groups excluding carboxylic acids is 1. The van der Waals surface area contributed by atoms with E-state index in [-0.39, 0.29) is 21.2 Å². The van der Waals surface area contributed by atoms with E-state index >= 15 is 0 Å². The summed E-state index contributed by atoms with van der Waals surface area (Å²) in [6.45, 7) is 1.90. The Balaban J connectivity index is 2.19. The van der Waals surface area contributed by atoms with Crippen molar-refractivity contribution in [1.82, 2.24) is 4.31 Å². The molecule has 0 spiro atoms. The van der Waals surface area contributed by atoms with Gasteiger partial charge < -0.3 is 10.1 Å². The Morgan fingerprint density at radius 1 is 1.12 bits per heavy atom. The van der Waals surface area contributed by atoms with Crippen LogP contribution < -0.4 is 10.1 Å². The number of rotatable bonds is 2. The van der Waals surface area contributed by atoms with Gasteiger partial charge in [0.2, 0.25) is 10.0 Å². The van der Waals surface area contributed by atoms with Crippen molar-refractivity contribution in [2.45, 2.75) is 11.8 Å². The number of halogens is 1. The van der Waals surface area contributed by atoms with Crippen molar-refractivity contribution in [1.29, 1.82) is 0 Å². The van der Waals surface area contributed by atoms with E-state index in [1.165, 1.54) is 26.2 Å². The van der Waals surface area contributed by atoms with Gasteiger partial charge in [0, 0.05) is 20.2 Å². The summed E-state index contributed by atoms with van der Waals surface area (Å²) in [6.07, 6.45) is 0. The minimum absolute atomic E-state index is 0.00801. The highest BCUT2D eigenvalue weighted by Crippen LogP contribution is 2.39. The van der Waals surface area contributed by atoms with Crippen LogP contribution in [0.4, 0.5) is 5.69 Å². The monoisotopic (exact) mass is 366 g/mol. The molecule has 1 amide bonds. The van der Waals surface area contributed by atoms with Gasteiger partial charge in [-0.2, -0.15) is 0 Å². The fraction of sp³-hybridized carbons (Fsp3) is 0.188. The molecule has 1 N–H and O–H groups in total. The smallest absolute Gasteiger partial charge is 0.259 e. The summed E-state index contributed by atoms with van der Waals surface area (Å²) in [6, 6.07) is 7.94. The van der Waals surface area contributed by atoms with Crippen molar-refractivity contribution in [2.75, 3.05) is 19.4 Å². The van der Waals surface area contributed by atoms with Crippen molar-refractivity contribution >= 4 is 33.2 Å². The van der Waals surface area contributed by atoms with Gasteiger partial charge in [-0.1, -0.05) is 17.7 Å². The highest BCUT2D eigenvalue weighted by molar-refractivity contribution is 7.89. The molecule has 0 radical (unpaired) electrons. The lowest BCUT2D eigenvalue weighted by molar-refractivity contribution is 0.102. The highest BCUT2D eigenvalue weighted by atomic mass is 35.5. The van der Waals surface area contributed by atoms with Crippen LogP contribution in [0.3, 0.4) is 0 Å². The van der Waals surface area contributed by atoms with Gasteiger partial charge in [0.25, 0.3) is 5.91 Å². The van der Waals surface area contributed by atoms with E-state index in [4.69, 9.17) is 16.3 Å². The number of amides is 1. The second kappa shape index (κ2) is 5.77. The fourth-order valence-corrected chi connectivity index (χ4v) is 3.73. The standard InChI is InChI=1S/C16H15ClN2O4S/c1-9-4-5-12-14(6-9)23-13-8-11(17)15(24(21,22)19(2)3)7-10(13)16(20)18-12/h4-8H,1-3H3,(H,18,20). The normalized spacial score (nSPS) is 13.6. The van der Waals surface area contributed by atoms with Gasteiger partial charge in [0.1, 0.15) is 10.6 Å². The molecule has 24 heavy (non-hydrogen) atoms. The number of sulfonamides is 1. The first kappa shape index (κ1) is 16.8. The molecule has 6 nitrogen and oxygen atoms in total. The van der Waals surface area contributed by atoms with Gasteiger partial charge in [-0.05, 0) is 30.7 Å². The molecule has 3 rings (SSSR count). The summed E-state index contributed by atoms with van der Waals surface area (Å²) in [5.41, 5.74) is 1.58. The van der Waals surface area contributed by atoms with E-state index < -0.39 is 15.9 Å². The summed E-state index contributed by atoms with van der Waals surface area (Å²) in [7, 11) is -0.994. The first-order valence-electron chi connectivity index (χ1n) is 7.06. The molecule has 2 aromatic carbocycles. The van der Waals surface area contributed by atoms with Gasteiger partial charge in [-0.3, -0.25) is 4.79 Å². The predicted octanol–water partition coefficient (Wildman–Crippen LogP) is 3.26. The van der Waals surface area contributed by atoms with E-state index in [1.54, 1.807) is 12.1 Å². The van der Waals surface area contributed by atoms with Crippen molar-refractivity contribution in [3.05, 3.63) is 46.5 Å². The molecule has 0 aromatic heterocycles.